The zero-order chi connectivity index (χ0) is 8.01. The molecule has 2 aliphatic heterocycles. The van der Waals surface area contributed by atoms with E-state index in [-0.39, 0.29) is 10.9 Å². The van der Waals surface area contributed by atoms with Crippen molar-refractivity contribution in [3.63, 3.8) is 0 Å². The first-order chi connectivity index (χ1) is 5.20. The highest BCUT2D eigenvalue weighted by Crippen LogP contribution is 2.31. The van der Waals surface area contributed by atoms with Crippen molar-refractivity contribution in [3.8, 4) is 0 Å². The van der Waals surface area contributed by atoms with Crippen LogP contribution < -0.4 is 0 Å². The highest BCUT2D eigenvalue weighted by atomic mass is 79.9. The SMILES string of the molecule is O[C@@H]1[C@H](O)[C@@H](Br)[C@@H]2OC[C@H]1O2. The lowest BCUT2D eigenvalue weighted by Crippen LogP contribution is -2.51. The standard InChI is InChI=1S/C6H9BrO4/c7-3-5(9)4(8)2-1-10-6(3)11-2/h2-6,8-9H,1H2/t2-,3-,4+,5-,6-/m1/s1. The first kappa shape index (κ1) is 7.94. The van der Waals surface area contributed by atoms with Crippen LogP contribution in [0.1, 0.15) is 0 Å². The van der Waals surface area contributed by atoms with Gasteiger partial charge in [-0.15, -0.1) is 0 Å². The Labute approximate surface area is 72.2 Å². The maximum absolute atomic E-state index is 9.37. The molecule has 0 spiro atoms. The highest BCUT2D eigenvalue weighted by Gasteiger charge is 2.48. The van der Waals surface area contributed by atoms with Gasteiger partial charge in [-0.3, -0.25) is 0 Å². The molecule has 0 aromatic carbocycles. The molecular weight excluding hydrogens is 216 g/mol. The number of hydrogen-bond acceptors (Lipinski definition) is 4. The average molecular weight is 225 g/mol. The Morgan fingerprint density at radius 2 is 2.00 bits per heavy atom. The summed E-state index contributed by atoms with van der Waals surface area (Å²) in [4.78, 5) is -0.323. The van der Waals surface area contributed by atoms with Gasteiger partial charge in [0.25, 0.3) is 0 Å². The number of aliphatic hydroxyl groups is 2. The van der Waals surface area contributed by atoms with Crippen LogP contribution in [-0.2, 0) is 9.47 Å². The van der Waals surface area contributed by atoms with E-state index in [2.05, 4.69) is 15.9 Å². The Bertz CT molecular complexity index is 145. The van der Waals surface area contributed by atoms with Crippen molar-refractivity contribution in [1.82, 2.24) is 0 Å². The van der Waals surface area contributed by atoms with E-state index in [4.69, 9.17) is 9.47 Å². The molecule has 2 heterocycles. The molecule has 5 heteroatoms. The van der Waals surface area contributed by atoms with Crippen molar-refractivity contribution in [1.29, 1.82) is 0 Å². The van der Waals surface area contributed by atoms with E-state index in [1.807, 2.05) is 0 Å². The summed E-state index contributed by atoms with van der Waals surface area (Å²) >= 11 is 3.19. The Morgan fingerprint density at radius 1 is 1.27 bits per heavy atom. The lowest BCUT2D eigenvalue weighted by Gasteiger charge is -2.32. The molecule has 0 aromatic rings. The molecule has 0 radical (unpaired) electrons. The van der Waals surface area contributed by atoms with Gasteiger partial charge in [-0.25, -0.2) is 0 Å². The van der Waals surface area contributed by atoms with E-state index < -0.39 is 18.5 Å². The van der Waals surface area contributed by atoms with Crippen molar-refractivity contribution in [2.75, 3.05) is 6.61 Å². The third-order valence-corrected chi connectivity index (χ3v) is 3.02. The quantitative estimate of drug-likeness (QED) is 0.531. The molecule has 0 aliphatic carbocycles. The van der Waals surface area contributed by atoms with Crippen LogP contribution in [0.5, 0.6) is 0 Å². The van der Waals surface area contributed by atoms with Crippen LogP contribution in [0.3, 0.4) is 0 Å². The molecule has 2 rings (SSSR count). The molecule has 2 saturated heterocycles. The number of hydrogen-bond donors (Lipinski definition) is 2. The summed E-state index contributed by atoms with van der Waals surface area (Å²) in [6.07, 6.45) is -2.39. The predicted octanol–water partition coefficient (Wildman–Crippen LogP) is -0.773. The lowest BCUT2D eigenvalue weighted by molar-refractivity contribution is -0.158. The Morgan fingerprint density at radius 3 is 2.73 bits per heavy atom. The minimum Gasteiger partial charge on any atom is -0.389 e. The molecule has 4 nitrogen and oxygen atoms in total. The second-order valence-corrected chi connectivity index (χ2v) is 3.86. The van der Waals surface area contributed by atoms with Gasteiger partial charge in [-0.1, -0.05) is 15.9 Å². The minimum atomic E-state index is -0.835. The summed E-state index contributed by atoms with van der Waals surface area (Å²) in [6, 6.07) is 0. The van der Waals surface area contributed by atoms with Gasteiger partial charge in [0.2, 0.25) is 0 Å². The number of rotatable bonds is 0. The number of alkyl halides is 1. The molecule has 2 bridgehead atoms. The third-order valence-electron chi connectivity index (χ3n) is 2.05. The lowest BCUT2D eigenvalue weighted by atomic mass is 10.0. The molecule has 5 atom stereocenters. The number of fused-ring (bicyclic) bond motifs is 2. The molecule has 11 heavy (non-hydrogen) atoms. The van der Waals surface area contributed by atoms with Crippen molar-refractivity contribution >= 4 is 15.9 Å². The molecule has 2 fully saturated rings. The third kappa shape index (κ3) is 1.11. The molecule has 2 N–H and O–H groups in total. The van der Waals surface area contributed by atoms with Gasteiger partial charge in [-0.05, 0) is 0 Å². The Balaban J connectivity index is 2.16. The molecular formula is C6H9BrO4. The second-order valence-electron chi connectivity index (χ2n) is 2.80. The molecule has 64 valence electrons. The van der Waals surface area contributed by atoms with Gasteiger partial charge < -0.3 is 19.7 Å². The molecule has 0 saturated carbocycles. The number of aliphatic hydroxyl groups excluding tert-OH is 2. The number of ether oxygens (including phenoxy) is 2. The second kappa shape index (κ2) is 2.67. The van der Waals surface area contributed by atoms with Gasteiger partial charge >= 0.3 is 0 Å². The highest BCUT2D eigenvalue weighted by molar-refractivity contribution is 9.09. The zero-order valence-corrected chi connectivity index (χ0v) is 7.27. The van der Waals surface area contributed by atoms with Crippen LogP contribution in [-0.4, -0.2) is 46.2 Å². The van der Waals surface area contributed by atoms with Gasteiger partial charge in [0.1, 0.15) is 12.2 Å². The summed E-state index contributed by atoms with van der Waals surface area (Å²) < 4.78 is 10.4. The topological polar surface area (TPSA) is 58.9 Å². The number of halogens is 1. The van der Waals surface area contributed by atoms with E-state index in [1.165, 1.54) is 0 Å². The van der Waals surface area contributed by atoms with E-state index in [1.54, 1.807) is 0 Å². The predicted molar refractivity (Wildman–Crippen MR) is 39.3 cm³/mol. The molecule has 0 aromatic heterocycles. The van der Waals surface area contributed by atoms with E-state index in [9.17, 15) is 10.2 Å². The first-order valence-electron chi connectivity index (χ1n) is 3.47. The van der Waals surface area contributed by atoms with Crippen LogP contribution >= 0.6 is 15.9 Å². The summed E-state index contributed by atoms with van der Waals surface area (Å²) in [6.45, 7) is 0.366. The van der Waals surface area contributed by atoms with Crippen LogP contribution in [0.2, 0.25) is 0 Å². The average Bonchev–Trinajstić information content (AvgIpc) is 2.44. The Hall–Kier alpha value is 0.320. The monoisotopic (exact) mass is 224 g/mol. The van der Waals surface area contributed by atoms with Crippen LogP contribution in [0.15, 0.2) is 0 Å². The molecule has 0 amide bonds. The largest absolute Gasteiger partial charge is 0.389 e. The molecule has 0 unspecified atom stereocenters. The zero-order valence-electron chi connectivity index (χ0n) is 5.68. The van der Waals surface area contributed by atoms with Crippen molar-refractivity contribution < 1.29 is 19.7 Å². The van der Waals surface area contributed by atoms with Crippen LogP contribution in [0, 0.1) is 0 Å². The van der Waals surface area contributed by atoms with Crippen molar-refractivity contribution in [2.45, 2.75) is 29.4 Å². The minimum absolute atomic E-state index is 0.323. The van der Waals surface area contributed by atoms with Gasteiger partial charge in [0.15, 0.2) is 6.29 Å². The summed E-state index contributed by atoms with van der Waals surface area (Å²) in [5, 5.41) is 18.7. The van der Waals surface area contributed by atoms with Crippen LogP contribution in [0.25, 0.3) is 0 Å². The van der Waals surface area contributed by atoms with E-state index in [0.29, 0.717) is 6.61 Å². The Kier molecular flexibility index (Phi) is 1.93. The summed E-state index contributed by atoms with van der Waals surface area (Å²) in [5.41, 5.74) is 0. The van der Waals surface area contributed by atoms with Crippen molar-refractivity contribution in [3.05, 3.63) is 0 Å². The smallest absolute Gasteiger partial charge is 0.173 e. The summed E-state index contributed by atoms with van der Waals surface area (Å²) in [7, 11) is 0. The van der Waals surface area contributed by atoms with E-state index in [0.717, 1.165) is 0 Å². The fraction of sp³-hybridized carbons (Fsp3) is 1.00. The van der Waals surface area contributed by atoms with Gasteiger partial charge in [-0.2, -0.15) is 0 Å². The summed E-state index contributed by atoms with van der Waals surface area (Å²) in [5.74, 6) is 0. The maximum Gasteiger partial charge on any atom is 0.173 e. The van der Waals surface area contributed by atoms with E-state index >= 15 is 0 Å². The fourth-order valence-electron chi connectivity index (χ4n) is 1.36. The first-order valence-corrected chi connectivity index (χ1v) is 4.39. The van der Waals surface area contributed by atoms with Gasteiger partial charge in [0, 0.05) is 0 Å². The maximum atomic E-state index is 9.37. The fourth-order valence-corrected chi connectivity index (χ4v) is 1.95. The van der Waals surface area contributed by atoms with Crippen LogP contribution in [0.4, 0.5) is 0 Å². The molecule has 2 aliphatic rings. The van der Waals surface area contributed by atoms with Gasteiger partial charge in [0.05, 0.1) is 17.5 Å². The normalized spacial score (nSPS) is 56.5. The van der Waals surface area contributed by atoms with Crippen molar-refractivity contribution in [2.24, 2.45) is 0 Å².